The number of carbonyl (C=O) groups is 1. The number of rotatable bonds is 3. The molecule has 15 heavy (non-hydrogen) atoms. The Morgan fingerprint density at radius 3 is 2.73 bits per heavy atom. The van der Waals surface area contributed by atoms with Gasteiger partial charge in [-0.2, -0.15) is 0 Å². The van der Waals surface area contributed by atoms with Crippen molar-refractivity contribution in [3.8, 4) is 0 Å². The van der Waals surface area contributed by atoms with Gasteiger partial charge >= 0.3 is 0 Å². The van der Waals surface area contributed by atoms with E-state index in [9.17, 15) is 4.79 Å². The molecular formula is C10H11Br2NOS. The summed E-state index contributed by atoms with van der Waals surface area (Å²) in [6, 6.07) is 1.85. The zero-order valence-electron chi connectivity index (χ0n) is 8.27. The Labute approximate surface area is 110 Å². The maximum absolute atomic E-state index is 11.8. The van der Waals surface area contributed by atoms with Gasteiger partial charge in [0, 0.05) is 6.54 Å². The molecule has 1 saturated carbocycles. The third-order valence-corrected chi connectivity index (χ3v) is 5.02. The summed E-state index contributed by atoms with van der Waals surface area (Å²) in [4.78, 5) is 11.8. The lowest BCUT2D eigenvalue weighted by Crippen LogP contribution is -2.28. The summed E-state index contributed by atoms with van der Waals surface area (Å²) < 4.78 is 1.85. The summed E-state index contributed by atoms with van der Waals surface area (Å²) in [5, 5.41) is 2.97. The van der Waals surface area contributed by atoms with E-state index in [0.29, 0.717) is 5.41 Å². The van der Waals surface area contributed by atoms with Crippen molar-refractivity contribution in [3.63, 3.8) is 0 Å². The van der Waals surface area contributed by atoms with Crippen LogP contribution in [0.3, 0.4) is 0 Å². The summed E-state index contributed by atoms with van der Waals surface area (Å²) in [6.07, 6.45) is 2.45. The molecule has 2 rings (SSSR count). The van der Waals surface area contributed by atoms with Crippen molar-refractivity contribution < 1.29 is 4.79 Å². The first-order valence-electron chi connectivity index (χ1n) is 4.73. The highest BCUT2D eigenvalue weighted by molar-refractivity contribution is 9.12. The topological polar surface area (TPSA) is 29.1 Å². The predicted molar refractivity (Wildman–Crippen MR) is 69.4 cm³/mol. The van der Waals surface area contributed by atoms with Crippen LogP contribution in [0.25, 0.3) is 0 Å². The van der Waals surface area contributed by atoms with Gasteiger partial charge in [0.1, 0.15) is 0 Å². The van der Waals surface area contributed by atoms with Crippen molar-refractivity contribution in [2.75, 3.05) is 6.54 Å². The van der Waals surface area contributed by atoms with Crippen LogP contribution in [-0.4, -0.2) is 12.5 Å². The number of halogens is 2. The summed E-state index contributed by atoms with van der Waals surface area (Å²) in [7, 11) is 0. The minimum absolute atomic E-state index is 0.0111. The van der Waals surface area contributed by atoms with Gasteiger partial charge < -0.3 is 5.32 Å². The van der Waals surface area contributed by atoms with Gasteiger partial charge in [-0.05, 0) is 56.2 Å². The Morgan fingerprint density at radius 2 is 2.27 bits per heavy atom. The molecule has 0 saturated heterocycles. The van der Waals surface area contributed by atoms with Crippen molar-refractivity contribution in [1.82, 2.24) is 5.32 Å². The van der Waals surface area contributed by atoms with Crippen LogP contribution in [0.2, 0.25) is 0 Å². The zero-order chi connectivity index (χ0) is 11.1. The molecular weight excluding hydrogens is 342 g/mol. The Bertz CT molecular complexity index is 398. The van der Waals surface area contributed by atoms with E-state index in [-0.39, 0.29) is 5.91 Å². The molecule has 0 spiro atoms. The van der Waals surface area contributed by atoms with E-state index in [1.54, 1.807) is 0 Å². The maximum Gasteiger partial charge on any atom is 0.253 e. The molecule has 1 aliphatic carbocycles. The first kappa shape index (κ1) is 11.6. The Morgan fingerprint density at radius 1 is 1.60 bits per heavy atom. The largest absolute Gasteiger partial charge is 0.351 e. The summed E-state index contributed by atoms with van der Waals surface area (Å²) in [5.41, 5.74) is 1.08. The van der Waals surface area contributed by atoms with E-state index in [1.165, 1.54) is 24.2 Å². The van der Waals surface area contributed by atoms with Gasteiger partial charge in [0.15, 0.2) is 0 Å². The molecule has 0 atom stereocenters. The highest BCUT2D eigenvalue weighted by atomic mass is 79.9. The second-order valence-electron chi connectivity index (χ2n) is 4.23. The third kappa shape index (κ3) is 2.82. The van der Waals surface area contributed by atoms with Crippen molar-refractivity contribution in [1.29, 1.82) is 0 Å². The van der Waals surface area contributed by atoms with Gasteiger partial charge in [-0.15, -0.1) is 11.3 Å². The van der Waals surface area contributed by atoms with Crippen molar-refractivity contribution in [2.45, 2.75) is 19.8 Å². The first-order chi connectivity index (χ1) is 7.00. The highest BCUT2D eigenvalue weighted by Gasteiger charge is 2.37. The van der Waals surface area contributed by atoms with E-state index < -0.39 is 0 Å². The quantitative estimate of drug-likeness (QED) is 0.880. The molecule has 1 heterocycles. The third-order valence-electron chi connectivity index (χ3n) is 2.68. The molecule has 1 aromatic heterocycles. The lowest BCUT2D eigenvalue weighted by atomic mass is 10.1. The summed E-state index contributed by atoms with van der Waals surface area (Å²) in [6.45, 7) is 2.98. The Balaban J connectivity index is 1.98. The highest BCUT2D eigenvalue weighted by Crippen LogP contribution is 2.44. The van der Waals surface area contributed by atoms with Crippen LogP contribution in [0.15, 0.2) is 13.6 Å². The van der Waals surface area contributed by atoms with Crippen molar-refractivity contribution in [2.24, 2.45) is 5.41 Å². The smallest absolute Gasteiger partial charge is 0.253 e. The fraction of sp³-hybridized carbons (Fsp3) is 0.500. The van der Waals surface area contributed by atoms with Gasteiger partial charge in [0.2, 0.25) is 0 Å². The van der Waals surface area contributed by atoms with Gasteiger partial charge in [0.25, 0.3) is 5.91 Å². The normalized spacial score (nSPS) is 17.5. The number of amides is 1. The molecule has 82 valence electrons. The molecule has 1 fully saturated rings. The molecule has 0 aliphatic heterocycles. The minimum atomic E-state index is 0.0111. The van der Waals surface area contributed by atoms with Gasteiger partial charge in [-0.25, -0.2) is 0 Å². The van der Waals surface area contributed by atoms with E-state index >= 15 is 0 Å². The van der Waals surface area contributed by atoms with Gasteiger partial charge in [-0.1, -0.05) is 6.92 Å². The molecule has 0 aromatic carbocycles. The minimum Gasteiger partial charge on any atom is -0.351 e. The van der Waals surface area contributed by atoms with Crippen LogP contribution in [-0.2, 0) is 0 Å². The SMILES string of the molecule is CC1(CNC(=O)c2cc(Br)sc2Br)CC1. The van der Waals surface area contributed by atoms with Crippen molar-refractivity contribution in [3.05, 3.63) is 19.2 Å². The predicted octanol–water partition coefficient (Wildman–Crippen LogP) is 3.80. The van der Waals surface area contributed by atoms with Crippen LogP contribution in [0.1, 0.15) is 30.1 Å². The zero-order valence-corrected chi connectivity index (χ0v) is 12.3. The molecule has 1 amide bonds. The van der Waals surface area contributed by atoms with E-state index in [2.05, 4.69) is 44.1 Å². The maximum atomic E-state index is 11.8. The molecule has 1 aromatic rings. The summed E-state index contributed by atoms with van der Waals surface area (Å²) >= 11 is 8.26. The molecule has 2 nitrogen and oxygen atoms in total. The van der Waals surface area contributed by atoms with Crippen molar-refractivity contribution >= 4 is 49.1 Å². The number of hydrogen-bond acceptors (Lipinski definition) is 2. The molecule has 0 radical (unpaired) electrons. The Kier molecular flexibility index (Phi) is 3.24. The molecule has 1 aliphatic rings. The van der Waals surface area contributed by atoms with E-state index in [4.69, 9.17) is 0 Å². The Hall–Kier alpha value is 0.130. The van der Waals surface area contributed by atoms with Crippen LogP contribution in [0.4, 0.5) is 0 Å². The average Bonchev–Trinajstić information content (AvgIpc) is 2.80. The number of hydrogen-bond donors (Lipinski definition) is 1. The van der Waals surface area contributed by atoms with Gasteiger partial charge in [0.05, 0.1) is 13.1 Å². The van der Waals surface area contributed by atoms with E-state index in [0.717, 1.165) is 19.7 Å². The van der Waals surface area contributed by atoms with E-state index in [1.807, 2.05) is 6.07 Å². The van der Waals surface area contributed by atoms with Crippen LogP contribution >= 0.6 is 43.2 Å². The fourth-order valence-electron chi connectivity index (χ4n) is 1.27. The lowest BCUT2D eigenvalue weighted by molar-refractivity contribution is 0.0946. The standard InChI is InChI=1S/C10H11Br2NOS/c1-10(2-3-10)5-13-9(14)6-4-7(11)15-8(6)12/h4H,2-3,5H2,1H3,(H,13,14). The summed E-state index contributed by atoms with van der Waals surface area (Å²) in [5.74, 6) is 0.0111. The second-order valence-corrected chi connectivity index (χ2v) is 7.98. The molecule has 0 bridgehead atoms. The van der Waals surface area contributed by atoms with Gasteiger partial charge in [-0.3, -0.25) is 4.79 Å². The van der Waals surface area contributed by atoms with Crippen LogP contribution < -0.4 is 5.32 Å². The van der Waals surface area contributed by atoms with Crippen LogP contribution in [0, 0.1) is 5.41 Å². The fourth-order valence-corrected chi connectivity index (χ4v) is 4.07. The van der Waals surface area contributed by atoms with Crippen LogP contribution in [0.5, 0.6) is 0 Å². The second kappa shape index (κ2) is 4.18. The molecule has 0 unspecified atom stereocenters. The number of thiophene rings is 1. The number of nitrogens with one attached hydrogen (secondary N) is 1. The number of carbonyl (C=O) groups excluding carboxylic acids is 1. The molecule has 1 N–H and O–H groups in total. The average molecular weight is 353 g/mol. The monoisotopic (exact) mass is 351 g/mol. The first-order valence-corrected chi connectivity index (χ1v) is 7.13. The molecule has 5 heteroatoms. The lowest BCUT2D eigenvalue weighted by Gasteiger charge is -2.09.